The highest BCUT2D eigenvalue weighted by Crippen LogP contribution is 2.43. The maximum atomic E-state index is 12.8. The minimum absolute atomic E-state index is 0.00519. The second-order valence-corrected chi connectivity index (χ2v) is 7.47. The molecule has 0 aromatic carbocycles. The van der Waals surface area contributed by atoms with Gasteiger partial charge in [-0.25, -0.2) is 0 Å². The molecule has 23 heavy (non-hydrogen) atoms. The molecule has 2 saturated carbocycles. The summed E-state index contributed by atoms with van der Waals surface area (Å²) in [5, 5.41) is 2.68. The third kappa shape index (κ3) is 2.90. The molecule has 3 unspecified atom stereocenters. The molecule has 0 aromatic rings. The van der Waals surface area contributed by atoms with E-state index in [2.05, 4.69) is 12.2 Å². The number of hydrogen-bond acceptors (Lipinski definition) is 3. The quantitative estimate of drug-likeness (QED) is 0.810. The number of fused-ring (bicyclic) bond motifs is 1. The van der Waals surface area contributed by atoms with Crippen molar-refractivity contribution in [2.24, 2.45) is 23.7 Å². The van der Waals surface area contributed by atoms with Crippen molar-refractivity contribution in [1.29, 1.82) is 0 Å². The molecule has 3 rings (SSSR count). The highest BCUT2D eigenvalue weighted by Gasteiger charge is 2.52. The Morgan fingerprint density at radius 2 is 1.70 bits per heavy atom. The zero-order chi connectivity index (χ0) is 16.6. The summed E-state index contributed by atoms with van der Waals surface area (Å²) in [6.07, 6.45) is 7.26. The van der Waals surface area contributed by atoms with Gasteiger partial charge in [0.25, 0.3) is 0 Å². The topological polar surface area (TPSA) is 66.5 Å². The highest BCUT2D eigenvalue weighted by molar-refractivity contribution is 6.05. The average molecular weight is 320 g/mol. The zero-order valence-corrected chi connectivity index (χ0v) is 14.2. The van der Waals surface area contributed by atoms with Gasteiger partial charge in [0.2, 0.25) is 17.7 Å². The van der Waals surface area contributed by atoms with Crippen molar-refractivity contribution < 1.29 is 14.4 Å². The van der Waals surface area contributed by atoms with Gasteiger partial charge in [0.15, 0.2) is 0 Å². The number of nitrogens with zero attached hydrogens (tertiary/aromatic N) is 1. The van der Waals surface area contributed by atoms with Crippen molar-refractivity contribution in [3.8, 4) is 0 Å². The molecule has 0 spiro atoms. The fourth-order valence-corrected chi connectivity index (χ4v) is 4.82. The van der Waals surface area contributed by atoms with Gasteiger partial charge in [-0.05, 0) is 50.9 Å². The first-order valence-corrected chi connectivity index (χ1v) is 9.15. The van der Waals surface area contributed by atoms with Crippen LogP contribution >= 0.6 is 0 Å². The Kier molecular flexibility index (Phi) is 4.74. The molecule has 5 heteroatoms. The van der Waals surface area contributed by atoms with Gasteiger partial charge < -0.3 is 5.32 Å². The normalized spacial score (nSPS) is 37.7. The van der Waals surface area contributed by atoms with Crippen LogP contribution in [0.25, 0.3) is 0 Å². The molecular weight excluding hydrogens is 292 g/mol. The van der Waals surface area contributed by atoms with Crippen LogP contribution in [0, 0.1) is 23.7 Å². The predicted molar refractivity (Wildman–Crippen MR) is 86.3 cm³/mol. The SMILES string of the molecule is CCC1CCC(N2C(=O)C3CCC(C(=O)NC)CC3C2=O)CC1. The molecule has 1 saturated heterocycles. The molecule has 3 amide bonds. The lowest BCUT2D eigenvalue weighted by Crippen LogP contribution is -2.42. The number of carbonyl (C=O) groups excluding carboxylic acids is 3. The molecule has 1 N–H and O–H groups in total. The van der Waals surface area contributed by atoms with Crippen molar-refractivity contribution in [3.63, 3.8) is 0 Å². The van der Waals surface area contributed by atoms with Gasteiger partial charge in [0, 0.05) is 19.0 Å². The zero-order valence-electron chi connectivity index (χ0n) is 14.2. The number of rotatable bonds is 3. The largest absolute Gasteiger partial charge is 0.359 e. The van der Waals surface area contributed by atoms with Gasteiger partial charge in [-0.1, -0.05) is 13.3 Å². The summed E-state index contributed by atoms with van der Waals surface area (Å²) in [7, 11) is 1.63. The van der Waals surface area contributed by atoms with Gasteiger partial charge in [-0.3, -0.25) is 19.3 Å². The third-order valence-corrected chi connectivity index (χ3v) is 6.34. The Bertz CT molecular complexity index is 496. The number of imide groups is 1. The van der Waals surface area contributed by atoms with Crippen LogP contribution in [0.1, 0.15) is 58.3 Å². The summed E-state index contributed by atoms with van der Waals surface area (Å²) < 4.78 is 0. The van der Waals surface area contributed by atoms with E-state index in [1.54, 1.807) is 11.9 Å². The summed E-state index contributed by atoms with van der Waals surface area (Å²) in [6, 6.07) is 0.0989. The van der Waals surface area contributed by atoms with E-state index in [1.807, 2.05) is 0 Å². The minimum atomic E-state index is -0.262. The van der Waals surface area contributed by atoms with Crippen molar-refractivity contribution in [3.05, 3.63) is 0 Å². The lowest BCUT2D eigenvalue weighted by Gasteiger charge is -2.33. The van der Waals surface area contributed by atoms with Gasteiger partial charge in [-0.2, -0.15) is 0 Å². The van der Waals surface area contributed by atoms with Crippen LogP contribution in [0.2, 0.25) is 0 Å². The van der Waals surface area contributed by atoms with Gasteiger partial charge in [0.1, 0.15) is 0 Å². The van der Waals surface area contributed by atoms with E-state index < -0.39 is 0 Å². The third-order valence-electron chi connectivity index (χ3n) is 6.34. The van der Waals surface area contributed by atoms with Crippen LogP contribution in [0.4, 0.5) is 0 Å². The molecule has 0 bridgehead atoms. The Balaban J connectivity index is 1.69. The molecule has 3 aliphatic rings. The molecular formula is C18H28N2O3. The van der Waals surface area contributed by atoms with Crippen molar-refractivity contribution in [2.75, 3.05) is 7.05 Å². The van der Waals surface area contributed by atoms with Crippen molar-refractivity contribution >= 4 is 17.7 Å². The van der Waals surface area contributed by atoms with Crippen LogP contribution in [0.5, 0.6) is 0 Å². The Morgan fingerprint density at radius 1 is 1.04 bits per heavy atom. The highest BCUT2D eigenvalue weighted by atomic mass is 16.2. The van der Waals surface area contributed by atoms with E-state index in [1.165, 1.54) is 6.42 Å². The maximum Gasteiger partial charge on any atom is 0.233 e. The number of likely N-dealkylation sites (tertiary alicyclic amines) is 1. The summed E-state index contributed by atoms with van der Waals surface area (Å²) in [4.78, 5) is 39.0. The minimum Gasteiger partial charge on any atom is -0.359 e. The van der Waals surface area contributed by atoms with E-state index >= 15 is 0 Å². The summed E-state index contributed by atoms with van der Waals surface area (Å²) in [5.74, 6) is 0.233. The summed E-state index contributed by atoms with van der Waals surface area (Å²) >= 11 is 0. The fraction of sp³-hybridized carbons (Fsp3) is 0.833. The standard InChI is InChI=1S/C18H28N2O3/c1-3-11-4-7-13(8-5-11)20-17(22)14-9-6-12(16(21)19-2)10-15(14)18(20)23/h11-15H,3-10H2,1-2H3,(H,19,21). The molecule has 0 aromatic heterocycles. The first kappa shape index (κ1) is 16.5. The fourth-order valence-electron chi connectivity index (χ4n) is 4.82. The van der Waals surface area contributed by atoms with Crippen LogP contribution in [-0.4, -0.2) is 35.7 Å². The predicted octanol–water partition coefficient (Wildman–Crippen LogP) is 2.10. The van der Waals surface area contributed by atoms with Crippen LogP contribution in [0.15, 0.2) is 0 Å². The molecule has 3 fully saturated rings. The number of amides is 3. The molecule has 1 aliphatic heterocycles. The van der Waals surface area contributed by atoms with Gasteiger partial charge in [-0.15, -0.1) is 0 Å². The lowest BCUT2D eigenvalue weighted by atomic mass is 9.75. The molecule has 128 valence electrons. The molecule has 1 heterocycles. The van der Waals surface area contributed by atoms with E-state index in [0.717, 1.165) is 38.0 Å². The van der Waals surface area contributed by atoms with E-state index in [0.29, 0.717) is 12.8 Å². The summed E-state index contributed by atoms with van der Waals surface area (Å²) in [5.41, 5.74) is 0. The van der Waals surface area contributed by atoms with Gasteiger partial charge >= 0.3 is 0 Å². The van der Waals surface area contributed by atoms with Crippen LogP contribution in [-0.2, 0) is 14.4 Å². The summed E-state index contributed by atoms with van der Waals surface area (Å²) in [6.45, 7) is 2.21. The first-order valence-electron chi connectivity index (χ1n) is 9.15. The van der Waals surface area contributed by atoms with Crippen LogP contribution in [0.3, 0.4) is 0 Å². The lowest BCUT2D eigenvalue weighted by molar-refractivity contribution is -0.143. The van der Waals surface area contributed by atoms with Crippen molar-refractivity contribution in [1.82, 2.24) is 10.2 Å². The number of hydrogen-bond donors (Lipinski definition) is 1. The van der Waals surface area contributed by atoms with E-state index in [-0.39, 0.29) is 41.5 Å². The average Bonchev–Trinajstić information content (AvgIpc) is 2.85. The Hall–Kier alpha value is -1.39. The maximum absolute atomic E-state index is 12.8. The second kappa shape index (κ2) is 6.62. The van der Waals surface area contributed by atoms with Gasteiger partial charge in [0.05, 0.1) is 11.8 Å². The molecule has 2 aliphatic carbocycles. The van der Waals surface area contributed by atoms with E-state index in [9.17, 15) is 14.4 Å². The van der Waals surface area contributed by atoms with Crippen LogP contribution < -0.4 is 5.32 Å². The molecule has 0 radical (unpaired) electrons. The molecule has 5 nitrogen and oxygen atoms in total. The molecule has 3 atom stereocenters. The number of carbonyl (C=O) groups is 3. The number of nitrogens with one attached hydrogen (secondary N) is 1. The smallest absolute Gasteiger partial charge is 0.233 e. The Labute approximate surface area is 138 Å². The monoisotopic (exact) mass is 320 g/mol. The first-order chi connectivity index (χ1) is 11.1. The van der Waals surface area contributed by atoms with E-state index in [4.69, 9.17) is 0 Å². The van der Waals surface area contributed by atoms with Crippen molar-refractivity contribution in [2.45, 2.75) is 64.3 Å². The second-order valence-electron chi connectivity index (χ2n) is 7.47. The Morgan fingerprint density at radius 3 is 2.30 bits per heavy atom.